The summed E-state index contributed by atoms with van der Waals surface area (Å²) in [5, 5.41) is 10.0. The molecule has 0 saturated carbocycles. The molecule has 1 N–H and O–H groups in total. The van der Waals surface area contributed by atoms with Crippen LogP contribution in [0.2, 0.25) is 0 Å². The second-order valence-electron chi connectivity index (χ2n) is 7.34. The Morgan fingerprint density at radius 3 is 2.42 bits per heavy atom. The highest BCUT2D eigenvalue weighted by molar-refractivity contribution is 5.75. The first-order chi connectivity index (χ1) is 12.6. The normalized spacial score (nSPS) is 24.2. The number of halogens is 1. The van der Waals surface area contributed by atoms with Crippen LogP contribution in [0.5, 0.6) is 0 Å². The van der Waals surface area contributed by atoms with Gasteiger partial charge in [0.1, 0.15) is 5.82 Å². The number of likely N-dealkylation sites (tertiary alicyclic amines) is 2. The summed E-state index contributed by atoms with van der Waals surface area (Å²) in [6.07, 6.45) is 0. The van der Waals surface area contributed by atoms with Crippen LogP contribution < -0.4 is 0 Å². The first-order valence-electron chi connectivity index (χ1n) is 8.98. The molecule has 0 bridgehead atoms. The van der Waals surface area contributed by atoms with E-state index in [2.05, 4.69) is 17.0 Å². The second kappa shape index (κ2) is 6.49. The quantitative estimate of drug-likeness (QED) is 0.917. The van der Waals surface area contributed by atoms with E-state index < -0.39 is 0 Å². The molecule has 0 radical (unpaired) electrons. The molecule has 2 aliphatic rings. The van der Waals surface area contributed by atoms with Crippen molar-refractivity contribution in [3.8, 4) is 0 Å². The molecule has 0 aromatic heterocycles. The van der Waals surface area contributed by atoms with E-state index in [-0.39, 0.29) is 35.8 Å². The number of aliphatic hydroxyl groups is 1. The van der Waals surface area contributed by atoms with Gasteiger partial charge in [0.15, 0.2) is 0 Å². The highest BCUT2D eigenvalue weighted by Gasteiger charge is 2.65. The topological polar surface area (TPSA) is 43.8 Å². The van der Waals surface area contributed by atoms with Gasteiger partial charge in [0.25, 0.3) is 0 Å². The largest absolute Gasteiger partial charge is 0.395 e. The molecular formula is C21H23FN2O2. The lowest BCUT2D eigenvalue weighted by Crippen LogP contribution is -2.84. The molecule has 2 atom stereocenters. The third-order valence-corrected chi connectivity index (χ3v) is 5.95. The number of carbonyl (C=O) groups is 1. The fourth-order valence-corrected chi connectivity index (χ4v) is 4.66. The van der Waals surface area contributed by atoms with Gasteiger partial charge >= 0.3 is 0 Å². The Labute approximate surface area is 152 Å². The fraction of sp³-hybridized carbons (Fsp3) is 0.381. The van der Waals surface area contributed by atoms with Gasteiger partial charge in [-0.2, -0.15) is 0 Å². The lowest BCUT2D eigenvalue weighted by atomic mass is 9.60. The summed E-state index contributed by atoms with van der Waals surface area (Å²) < 4.78 is 14.2. The van der Waals surface area contributed by atoms with Crippen molar-refractivity contribution in [1.29, 1.82) is 0 Å². The molecular weight excluding hydrogens is 331 g/mol. The molecule has 136 valence electrons. The molecule has 2 heterocycles. The molecule has 0 unspecified atom stereocenters. The van der Waals surface area contributed by atoms with Crippen LogP contribution in [0.3, 0.4) is 0 Å². The van der Waals surface area contributed by atoms with Gasteiger partial charge in [0, 0.05) is 44.1 Å². The van der Waals surface area contributed by atoms with Crippen molar-refractivity contribution in [2.45, 2.75) is 31.0 Å². The molecule has 2 fully saturated rings. The van der Waals surface area contributed by atoms with Gasteiger partial charge in [-0.25, -0.2) is 4.39 Å². The van der Waals surface area contributed by atoms with Gasteiger partial charge in [-0.05, 0) is 11.6 Å². The first kappa shape index (κ1) is 17.2. The van der Waals surface area contributed by atoms with E-state index in [1.165, 1.54) is 11.6 Å². The minimum absolute atomic E-state index is 0.00976. The molecule has 26 heavy (non-hydrogen) atoms. The summed E-state index contributed by atoms with van der Waals surface area (Å²) >= 11 is 0. The van der Waals surface area contributed by atoms with E-state index in [0.29, 0.717) is 25.2 Å². The SMILES string of the molecule is CC(=O)N1CC2(C1)[C@H](c1ccccc1)[C@H](CO)N2Cc1ccccc1F. The van der Waals surface area contributed by atoms with Crippen molar-refractivity contribution >= 4 is 5.91 Å². The van der Waals surface area contributed by atoms with Crippen molar-refractivity contribution in [3.63, 3.8) is 0 Å². The van der Waals surface area contributed by atoms with Crippen LogP contribution >= 0.6 is 0 Å². The van der Waals surface area contributed by atoms with E-state index in [4.69, 9.17) is 0 Å². The summed E-state index contributed by atoms with van der Waals surface area (Å²) in [6, 6.07) is 16.8. The lowest BCUT2D eigenvalue weighted by molar-refractivity contribution is -0.199. The van der Waals surface area contributed by atoms with Crippen LogP contribution in [0.25, 0.3) is 0 Å². The van der Waals surface area contributed by atoms with Crippen LogP contribution in [0.15, 0.2) is 54.6 Å². The monoisotopic (exact) mass is 354 g/mol. The van der Waals surface area contributed by atoms with Crippen molar-refractivity contribution in [1.82, 2.24) is 9.80 Å². The van der Waals surface area contributed by atoms with Crippen molar-refractivity contribution in [3.05, 3.63) is 71.5 Å². The summed E-state index contributed by atoms with van der Waals surface area (Å²) in [6.45, 7) is 3.26. The van der Waals surface area contributed by atoms with Crippen LogP contribution in [-0.4, -0.2) is 52.1 Å². The number of hydrogen-bond acceptors (Lipinski definition) is 3. The molecule has 0 aliphatic carbocycles. The Kier molecular flexibility index (Phi) is 4.29. The highest BCUT2D eigenvalue weighted by atomic mass is 19.1. The molecule has 4 rings (SSSR count). The fourth-order valence-electron chi connectivity index (χ4n) is 4.66. The van der Waals surface area contributed by atoms with E-state index >= 15 is 0 Å². The summed E-state index contributed by atoms with van der Waals surface area (Å²) in [7, 11) is 0. The predicted molar refractivity (Wildman–Crippen MR) is 97.0 cm³/mol. The van der Waals surface area contributed by atoms with Gasteiger partial charge in [-0.1, -0.05) is 48.5 Å². The zero-order valence-electron chi connectivity index (χ0n) is 14.8. The second-order valence-corrected chi connectivity index (χ2v) is 7.34. The predicted octanol–water partition coefficient (Wildman–Crippen LogP) is 2.39. The van der Waals surface area contributed by atoms with E-state index in [1.54, 1.807) is 19.1 Å². The number of benzene rings is 2. The van der Waals surface area contributed by atoms with Crippen LogP contribution in [0.1, 0.15) is 24.0 Å². The third-order valence-electron chi connectivity index (χ3n) is 5.95. The minimum Gasteiger partial charge on any atom is -0.395 e. The Balaban J connectivity index is 1.66. The summed E-state index contributed by atoms with van der Waals surface area (Å²) in [5.74, 6) is -0.0398. The number of amides is 1. The Bertz CT molecular complexity index is 805. The van der Waals surface area contributed by atoms with Gasteiger partial charge in [0.2, 0.25) is 5.91 Å². The Morgan fingerprint density at radius 2 is 1.81 bits per heavy atom. The zero-order chi connectivity index (χ0) is 18.3. The maximum absolute atomic E-state index is 14.2. The molecule has 2 saturated heterocycles. The maximum Gasteiger partial charge on any atom is 0.219 e. The van der Waals surface area contributed by atoms with Crippen molar-refractivity contribution < 1.29 is 14.3 Å². The van der Waals surface area contributed by atoms with Gasteiger partial charge in [-0.15, -0.1) is 0 Å². The van der Waals surface area contributed by atoms with Crippen LogP contribution in [-0.2, 0) is 11.3 Å². The van der Waals surface area contributed by atoms with Gasteiger partial charge < -0.3 is 10.0 Å². The highest BCUT2D eigenvalue weighted by Crippen LogP contribution is 2.54. The van der Waals surface area contributed by atoms with E-state index in [9.17, 15) is 14.3 Å². The molecule has 2 aromatic carbocycles. The minimum atomic E-state index is -0.233. The molecule has 4 nitrogen and oxygen atoms in total. The summed E-state index contributed by atoms with van der Waals surface area (Å²) in [5.41, 5.74) is 1.56. The Hall–Kier alpha value is -2.24. The van der Waals surface area contributed by atoms with Crippen molar-refractivity contribution in [2.75, 3.05) is 19.7 Å². The van der Waals surface area contributed by atoms with Crippen molar-refractivity contribution in [2.24, 2.45) is 0 Å². The molecule has 2 aliphatic heterocycles. The van der Waals surface area contributed by atoms with Gasteiger partial charge in [0.05, 0.1) is 12.1 Å². The maximum atomic E-state index is 14.2. The molecule has 1 amide bonds. The molecule has 2 aromatic rings. The number of carbonyl (C=O) groups excluding carboxylic acids is 1. The van der Waals surface area contributed by atoms with Gasteiger partial charge in [-0.3, -0.25) is 9.69 Å². The zero-order valence-corrected chi connectivity index (χ0v) is 14.8. The Morgan fingerprint density at radius 1 is 1.15 bits per heavy atom. The summed E-state index contributed by atoms with van der Waals surface area (Å²) in [4.78, 5) is 15.8. The average molecular weight is 354 g/mol. The molecule has 5 heteroatoms. The molecule has 1 spiro atoms. The first-order valence-corrected chi connectivity index (χ1v) is 8.98. The standard InChI is InChI=1S/C21H23FN2O2/c1-15(26)23-13-21(14-23)20(16-7-3-2-4-8-16)19(12-25)24(21)11-17-9-5-6-10-18(17)22/h2-10,19-20,25H,11-14H2,1H3/t19-,20+/m0/s1. The van der Waals surface area contributed by atoms with E-state index in [1.807, 2.05) is 29.2 Å². The smallest absolute Gasteiger partial charge is 0.219 e. The van der Waals surface area contributed by atoms with Crippen LogP contribution in [0.4, 0.5) is 4.39 Å². The third kappa shape index (κ3) is 2.54. The average Bonchev–Trinajstić information content (AvgIpc) is 2.59. The van der Waals surface area contributed by atoms with Crippen LogP contribution in [0, 0.1) is 5.82 Å². The number of hydrogen-bond donors (Lipinski definition) is 1. The van der Waals surface area contributed by atoms with E-state index in [0.717, 1.165) is 0 Å². The lowest BCUT2D eigenvalue weighted by Gasteiger charge is -2.70. The number of nitrogens with zero attached hydrogens (tertiary/aromatic N) is 2. The number of rotatable bonds is 4. The number of aliphatic hydroxyl groups excluding tert-OH is 1.